The van der Waals surface area contributed by atoms with E-state index >= 15 is 0 Å². The van der Waals surface area contributed by atoms with Gasteiger partial charge in [0.05, 0.1) is 23.1 Å². The Hall–Kier alpha value is -5.76. The van der Waals surface area contributed by atoms with E-state index < -0.39 is 24.7 Å². The van der Waals surface area contributed by atoms with Crippen molar-refractivity contribution in [3.05, 3.63) is 153 Å². The maximum absolute atomic E-state index is 14.3. The van der Waals surface area contributed by atoms with Crippen LogP contribution in [0.15, 0.2) is 109 Å². The molecule has 0 unspecified atom stereocenters. The molecule has 5 aromatic rings. The molecule has 1 amide bonds. The van der Waals surface area contributed by atoms with Crippen molar-refractivity contribution < 1.29 is 46.8 Å². The number of pyridine rings is 1. The van der Waals surface area contributed by atoms with E-state index in [2.05, 4.69) is 9.88 Å². The Bertz CT molecular complexity index is 2560. The summed E-state index contributed by atoms with van der Waals surface area (Å²) in [4.78, 5) is 49.9. The lowest BCUT2D eigenvalue weighted by molar-refractivity contribution is -0.159. The average molecular weight is 983 g/mol. The summed E-state index contributed by atoms with van der Waals surface area (Å²) in [6.45, 7) is 0.774. The molecule has 5 fully saturated rings. The zero-order chi connectivity index (χ0) is 47.9. The van der Waals surface area contributed by atoms with Crippen molar-refractivity contribution in [2.45, 2.75) is 95.2 Å². The van der Waals surface area contributed by atoms with Crippen LogP contribution in [-0.4, -0.2) is 84.2 Å². The number of hydrogen-bond acceptors (Lipinski definition) is 10. The van der Waals surface area contributed by atoms with Crippen molar-refractivity contribution in [2.24, 2.45) is 11.8 Å². The number of ether oxygens (including phenoxy) is 5. The molecule has 0 N–H and O–H groups in total. The highest BCUT2D eigenvalue weighted by Crippen LogP contribution is 2.39. The van der Waals surface area contributed by atoms with Crippen LogP contribution in [0.4, 0.5) is 8.78 Å². The van der Waals surface area contributed by atoms with E-state index in [-0.39, 0.29) is 64.9 Å². The quantitative estimate of drug-likeness (QED) is 0.0741. The first-order valence-electron chi connectivity index (χ1n) is 23.8. The molecule has 1 saturated carbocycles. The zero-order valence-corrected chi connectivity index (χ0v) is 39.7. The number of carbonyl (C=O) groups is 3. The van der Waals surface area contributed by atoms with Crippen LogP contribution >= 0.6 is 23.2 Å². The number of amides is 1. The van der Waals surface area contributed by atoms with Gasteiger partial charge in [-0.15, -0.1) is 0 Å². The smallest absolute Gasteiger partial charge is 0.387 e. The Morgan fingerprint density at radius 3 is 2.22 bits per heavy atom. The van der Waals surface area contributed by atoms with Crippen molar-refractivity contribution in [3.8, 4) is 17.2 Å². The summed E-state index contributed by atoms with van der Waals surface area (Å²) >= 11 is 13.1. The zero-order valence-electron chi connectivity index (χ0n) is 38.2. The van der Waals surface area contributed by atoms with Gasteiger partial charge in [0.2, 0.25) is 0 Å². The normalized spacial score (nSPS) is 20.7. The van der Waals surface area contributed by atoms with Crippen LogP contribution in [-0.2, 0) is 32.1 Å². The van der Waals surface area contributed by atoms with Crippen molar-refractivity contribution in [2.75, 3.05) is 32.8 Å². The van der Waals surface area contributed by atoms with Crippen LogP contribution < -0.4 is 14.2 Å². The molecule has 1 aliphatic carbocycles. The molecule has 11 nitrogen and oxygen atoms in total. The lowest BCUT2D eigenvalue weighted by Crippen LogP contribution is -2.52. The number of halogens is 4. The number of benzene rings is 4. The predicted octanol–water partition coefficient (Wildman–Crippen LogP) is 11.0. The second-order valence-electron chi connectivity index (χ2n) is 18.5. The highest BCUT2D eigenvalue weighted by atomic mass is 35.5. The van der Waals surface area contributed by atoms with Crippen molar-refractivity contribution in [1.82, 2.24) is 14.8 Å². The second kappa shape index (κ2) is 22.3. The Morgan fingerprint density at radius 1 is 0.754 bits per heavy atom. The Balaban J connectivity index is 0.865. The van der Waals surface area contributed by atoms with Gasteiger partial charge in [0.15, 0.2) is 11.5 Å². The summed E-state index contributed by atoms with van der Waals surface area (Å²) in [6, 6.07) is 28.4. The number of carbonyl (C=O) groups excluding carboxylic acids is 3. The van der Waals surface area contributed by atoms with Gasteiger partial charge >= 0.3 is 18.6 Å². The number of piperidine rings is 4. The first kappa shape index (κ1) is 48.3. The first-order valence-corrected chi connectivity index (χ1v) is 24.6. The fourth-order valence-electron chi connectivity index (χ4n) is 9.65. The highest BCUT2D eigenvalue weighted by Gasteiger charge is 2.38. The monoisotopic (exact) mass is 981 g/mol. The van der Waals surface area contributed by atoms with Crippen LogP contribution in [0.1, 0.15) is 102 Å². The van der Waals surface area contributed by atoms with Crippen LogP contribution in [0.25, 0.3) is 0 Å². The summed E-state index contributed by atoms with van der Waals surface area (Å²) in [5.41, 5.74) is 4.09. The fourth-order valence-corrected chi connectivity index (χ4v) is 10.2. The molecule has 4 aromatic carbocycles. The Kier molecular flexibility index (Phi) is 15.6. The summed E-state index contributed by atoms with van der Waals surface area (Å²) < 4.78 is 56.2. The molecule has 5 heterocycles. The number of esters is 2. The highest BCUT2D eigenvalue weighted by molar-refractivity contribution is 6.35. The Morgan fingerprint density at radius 2 is 1.51 bits per heavy atom. The molecule has 4 aliphatic heterocycles. The first-order chi connectivity index (χ1) is 33.5. The molecular weight excluding hydrogens is 928 g/mol. The van der Waals surface area contributed by atoms with Crippen molar-refractivity contribution in [1.29, 1.82) is 0 Å². The van der Waals surface area contributed by atoms with Gasteiger partial charge < -0.3 is 28.6 Å². The van der Waals surface area contributed by atoms with E-state index in [9.17, 15) is 23.2 Å². The molecule has 10 rings (SSSR count). The molecule has 4 atom stereocenters. The average Bonchev–Trinajstić information content (AvgIpc) is 4.21. The minimum absolute atomic E-state index is 0.0273. The van der Waals surface area contributed by atoms with Gasteiger partial charge in [-0.2, -0.15) is 8.78 Å². The molecule has 5 aliphatic rings. The van der Waals surface area contributed by atoms with Gasteiger partial charge in [-0.1, -0.05) is 83.9 Å². The van der Waals surface area contributed by atoms with Gasteiger partial charge in [0.25, 0.3) is 5.91 Å². The van der Waals surface area contributed by atoms with Gasteiger partial charge in [0, 0.05) is 43.4 Å². The molecule has 0 spiro atoms. The number of nitrogens with zero attached hydrogens (tertiary/aromatic N) is 3. The predicted molar refractivity (Wildman–Crippen MR) is 256 cm³/mol. The van der Waals surface area contributed by atoms with Crippen molar-refractivity contribution >= 4 is 41.0 Å². The minimum Gasteiger partial charge on any atom is -0.489 e. The summed E-state index contributed by atoms with van der Waals surface area (Å²) in [5.74, 6) is -0.0349. The lowest BCUT2D eigenvalue weighted by atomic mass is 9.85. The summed E-state index contributed by atoms with van der Waals surface area (Å²) in [7, 11) is 0. The number of likely N-dealkylation sites (tertiary alicyclic amines) is 1. The van der Waals surface area contributed by atoms with E-state index in [1.165, 1.54) is 30.6 Å². The molecule has 1 aromatic heterocycles. The lowest BCUT2D eigenvalue weighted by Gasteiger charge is -2.44. The fraction of sp³-hybridized carbons (Fsp3) is 0.407. The van der Waals surface area contributed by atoms with Gasteiger partial charge in [-0.25, -0.2) is 4.79 Å². The van der Waals surface area contributed by atoms with Crippen LogP contribution in [0.5, 0.6) is 17.2 Å². The third-order valence-corrected chi connectivity index (χ3v) is 14.3. The molecule has 15 heteroatoms. The molecule has 69 heavy (non-hydrogen) atoms. The van der Waals surface area contributed by atoms with E-state index in [1.807, 2.05) is 66.7 Å². The van der Waals surface area contributed by atoms with E-state index in [4.69, 9.17) is 46.9 Å². The Labute approximate surface area is 410 Å². The molecule has 362 valence electrons. The van der Waals surface area contributed by atoms with E-state index in [0.717, 1.165) is 62.0 Å². The third kappa shape index (κ3) is 12.3. The maximum Gasteiger partial charge on any atom is 0.387 e. The molecule has 2 bridgehead atoms. The molecular formula is C54H55Cl2F2N3O8. The standard InChI is InChI=1S/C54H55Cl2F2N3O8/c55-44-29-59-30-45(56)43(44)27-48(40-18-19-47(69-54(57)58)49(26-40)66-33-34-12-13-34)68-53(64)46-11-4-5-22-61(46)52(63)38-16-14-35(15-17-38)32-65-41-10-6-9-39(25-41)42(36-7-2-1-3-8-36)28-51(62)67-50-31-60-23-20-37(50)21-24-60/h1-3,6-10,14-19,25-26,29-30,34,37,42,46,48,50,54H,4-5,11-13,20-24,27-28,31-33H2/t42-,46-,48-,50-/m0/s1. The van der Waals surface area contributed by atoms with Gasteiger partial charge in [0.1, 0.15) is 30.6 Å². The number of fused-ring (bicyclic) bond motifs is 3. The molecule has 0 radical (unpaired) electrons. The van der Waals surface area contributed by atoms with E-state index in [0.29, 0.717) is 66.7 Å². The van der Waals surface area contributed by atoms with Crippen LogP contribution in [0, 0.1) is 11.8 Å². The topological polar surface area (TPSA) is 117 Å². The summed E-state index contributed by atoms with van der Waals surface area (Å²) in [6.07, 6.45) is 7.92. The number of rotatable bonds is 19. The van der Waals surface area contributed by atoms with Crippen molar-refractivity contribution in [3.63, 3.8) is 0 Å². The van der Waals surface area contributed by atoms with Gasteiger partial charge in [-0.3, -0.25) is 19.5 Å². The van der Waals surface area contributed by atoms with Crippen LogP contribution in [0.2, 0.25) is 10.0 Å². The van der Waals surface area contributed by atoms with E-state index in [1.54, 1.807) is 17.0 Å². The third-order valence-electron chi connectivity index (χ3n) is 13.7. The number of aromatic nitrogens is 1. The molecule has 4 saturated heterocycles. The maximum atomic E-state index is 14.3. The SMILES string of the molecule is O=C(C[C@@H](c1ccccc1)c1cccc(OCc2ccc(C(=O)N3CCCC[C@H]3C(=O)O[C@@H](Cc3c(Cl)cncc3Cl)c3ccc(OC(F)F)c(OCC4CC4)c3)cc2)c1)O[C@H]1CN2CCC1CC2. The van der Waals surface area contributed by atoms with Gasteiger partial charge in [-0.05, 0) is 134 Å². The largest absolute Gasteiger partial charge is 0.489 e. The number of alkyl halides is 2. The second-order valence-corrected chi connectivity index (χ2v) is 19.3. The number of hydrogen-bond donors (Lipinski definition) is 0. The minimum atomic E-state index is -3.08. The van der Waals surface area contributed by atoms with Crippen LogP contribution in [0.3, 0.4) is 0 Å². The summed E-state index contributed by atoms with van der Waals surface area (Å²) in [5, 5.41) is 0.516.